The van der Waals surface area contributed by atoms with Crippen molar-refractivity contribution < 1.29 is 0 Å². The summed E-state index contributed by atoms with van der Waals surface area (Å²) in [7, 11) is 2.15. The number of hydrogen-bond donors (Lipinski definition) is 1. The SMILES string of the molecule is CCCNC(C)c1cnc(N(C)C(C)CCC)s1. The highest BCUT2D eigenvalue weighted by atomic mass is 32.1. The monoisotopic (exact) mass is 269 g/mol. The fourth-order valence-corrected chi connectivity index (χ4v) is 2.91. The molecule has 0 spiro atoms. The molecule has 0 aromatic carbocycles. The van der Waals surface area contributed by atoms with E-state index in [4.69, 9.17) is 0 Å². The van der Waals surface area contributed by atoms with Crippen molar-refractivity contribution in [3.8, 4) is 0 Å². The predicted octanol–water partition coefficient (Wildman–Crippen LogP) is 3.83. The normalized spacial score (nSPS) is 14.5. The van der Waals surface area contributed by atoms with Crippen molar-refractivity contribution >= 4 is 16.5 Å². The maximum absolute atomic E-state index is 4.55. The summed E-state index contributed by atoms with van der Waals surface area (Å²) in [6, 6.07) is 0.971. The third kappa shape index (κ3) is 4.25. The topological polar surface area (TPSA) is 28.2 Å². The zero-order valence-corrected chi connectivity index (χ0v) is 13.2. The van der Waals surface area contributed by atoms with Crippen LogP contribution in [0.15, 0.2) is 6.20 Å². The quantitative estimate of drug-likeness (QED) is 0.777. The number of nitrogens with zero attached hydrogens (tertiary/aromatic N) is 2. The molecular formula is C14H27N3S. The highest BCUT2D eigenvalue weighted by Gasteiger charge is 2.15. The molecule has 3 nitrogen and oxygen atoms in total. The molecule has 2 unspecified atom stereocenters. The van der Waals surface area contributed by atoms with Gasteiger partial charge in [0, 0.05) is 30.2 Å². The van der Waals surface area contributed by atoms with E-state index in [2.05, 4.69) is 49.9 Å². The molecule has 18 heavy (non-hydrogen) atoms. The standard InChI is InChI=1S/C14H27N3S/c1-6-8-11(3)17(5)14-16-10-13(18-14)12(4)15-9-7-2/h10-12,15H,6-9H2,1-5H3. The number of aromatic nitrogens is 1. The Labute approximate surface area is 116 Å². The van der Waals surface area contributed by atoms with E-state index in [-0.39, 0.29) is 0 Å². The van der Waals surface area contributed by atoms with E-state index in [0.717, 1.165) is 11.7 Å². The van der Waals surface area contributed by atoms with Crippen LogP contribution in [0.2, 0.25) is 0 Å². The van der Waals surface area contributed by atoms with Crippen LogP contribution >= 0.6 is 11.3 Å². The van der Waals surface area contributed by atoms with E-state index in [1.54, 1.807) is 11.3 Å². The molecule has 0 saturated heterocycles. The van der Waals surface area contributed by atoms with Gasteiger partial charge in [-0.25, -0.2) is 4.98 Å². The molecule has 0 radical (unpaired) electrons. The first-order chi connectivity index (χ1) is 8.60. The lowest BCUT2D eigenvalue weighted by Gasteiger charge is -2.23. The van der Waals surface area contributed by atoms with Gasteiger partial charge in [-0.3, -0.25) is 0 Å². The van der Waals surface area contributed by atoms with E-state index in [9.17, 15) is 0 Å². The van der Waals surface area contributed by atoms with E-state index >= 15 is 0 Å². The summed E-state index contributed by atoms with van der Waals surface area (Å²) < 4.78 is 0. The second-order valence-corrected chi connectivity index (χ2v) is 6.01. The Morgan fingerprint density at radius 2 is 2.06 bits per heavy atom. The lowest BCUT2D eigenvalue weighted by molar-refractivity contribution is 0.577. The molecule has 0 aliphatic heterocycles. The van der Waals surface area contributed by atoms with Crippen molar-refractivity contribution in [1.82, 2.24) is 10.3 Å². The average Bonchev–Trinajstić information content (AvgIpc) is 2.84. The first kappa shape index (κ1) is 15.4. The number of thiazole rings is 1. The average molecular weight is 269 g/mol. The summed E-state index contributed by atoms with van der Waals surface area (Å²) in [6.07, 6.45) is 5.62. The van der Waals surface area contributed by atoms with Gasteiger partial charge in [-0.2, -0.15) is 0 Å². The first-order valence-electron chi connectivity index (χ1n) is 7.02. The van der Waals surface area contributed by atoms with Crippen molar-refractivity contribution in [2.24, 2.45) is 0 Å². The fraction of sp³-hybridized carbons (Fsp3) is 0.786. The zero-order chi connectivity index (χ0) is 13.5. The summed E-state index contributed by atoms with van der Waals surface area (Å²) in [5.74, 6) is 0. The molecule has 1 aromatic rings. The van der Waals surface area contributed by atoms with E-state index in [1.165, 1.54) is 24.1 Å². The molecule has 1 N–H and O–H groups in total. The van der Waals surface area contributed by atoms with E-state index in [0.29, 0.717) is 12.1 Å². The smallest absolute Gasteiger partial charge is 0.185 e. The minimum atomic E-state index is 0.408. The van der Waals surface area contributed by atoms with Gasteiger partial charge >= 0.3 is 0 Å². The fourth-order valence-electron chi connectivity index (χ4n) is 1.90. The van der Waals surface area contributed by atoms with Crippen LogP contribution in [0.25, 0.3) is 0 Å². The van der Waals surface area contributed by atoms with Crippen LogP contribution in [-0.2, 0) is 0 Å². The summed E-state index contributed by atoms with van der Waals surface area (Å²) >= 11 is 1.81. The summed E-state index contributed by atoms with van der Waals surface area (Å²) in [4.78, 5) is 8.18. The minimum Gasteiger partial charge on any atom is -0.348 e. The summed E-state index contributed by atoms with van der Waals surface area (Å²) in [5, 5.41) is 4.64. The van der Waals surface area contributed by atoms with Gasteiger partial charge in [0.1, 0.15) is 0 Å². The minimum absolute atomic E-state index is 0.408. The van der Waals surface area contributed by atoms with Crippen molar-refractivity contribution in [2.45, 2.75) is 59.0 Å². The van der Waals surface area contributed by atoms with E-state index < -0.39 is 0 Å². The van der Waals surface area contributed by atoms with Crippen LogP contribution in [0.4, 0.5) is 5.13 Å². The Kier molecular flexibility index (Phi) is 6.65. The highest BCUT2D eigenvalue weighted by Crippen LogP contribution is 2.28. The maximum atomic E-state index is 4.55. The Morgan fingerprint density at radius 1 is 1.33 bits per heavy atom. The molecule has 2 atom stereocenters. The van der Waals surface area contributed by atoms with Gasteiger partial charge < -0.3 is 10.2 Å². The van der Waals surface area contributed by atoms with Crippen LogP contribution in [0.1, 0.15) is 57.9 Å². The molecule has 0 aliphatic carbocycles. The lowest BCUT2D eigenvalue weighted by atomic mass is 10.2. The van der Waals surface area contributed by atoms with Gasteiger partial charge in [0.05, 0.1) is 0 Å². The van der Waals surface area contributed by atoms with Gasteiger partial charge in [0.15, 0.2) is 5.13 Å². The molecule has 4 heteroatoms. The van der Waals surface area contributed by atoms with Crippen LogP contribution in [0.3, 0.4) is 0 Å². The van der Waals surface area contributed by atoms with Gasteiger partial charge in [-0.05, 0) is 33.2 Å². The molecule has 1 rings (SSSR count). The van der Waals surface area contributed by atoms with Crippen molar-refractivity contribution in [1.29, 1.82) is 0 Å². The highest BCUT2D eigenvalue weighted by molar-refractivity contribution is 7.15. The first-order valence-corrected chi connectivity index (χ1v) is 7.83. The molecule has 0 saturated carbocycles. The Hall–Kier alpha value is -0.610. The largest absolute Gasteiger partial charge is 0.348 e. The summed E-state index contributed by atoms with van der Waals surface area (Å²) in [5.41, 5.74) is 0. The zero-order valence-electron chi connectivity index (χ0n) is 12.4. The second-order valence-electron chi connectivity index (χ2n) is 4.97. The molecule has 1 aromatic heterocycles. The third-order valence-electron chi connectivity index (χ3n) is 3.31. The maximum Gasteiger partial charge on any atom is 0.185 e. The van der Waals surface area contributed by atoms with Crippen LogP contribution in [-0.4, -0.2) is 24.6 Å². The Bertz CT molecular complexity index is 338. The summed E-state index contributed by atoms with van der Waals surface area (Å²) in [6.45, 7) is 9.97. The molecule has 0 amide bonds. The number of rotatable bonds is 8. The van der Waals surface area contributed by atoms with Crippen molar-refractivity contribution in [2.75, 3.05) is 18.5 Å². The third-order valence-corrected chi connectivity index (χ3v) is 4.58. The Balaban J connectivity index is 2.61. The number of nitrogens with one attached hydrogen (secondary N) is 1. The van der Waals surface area contributed by atoms with Crippen LogP contribution in [0.5, 0.6) is 0 Å². The second kappa shape index (κ2) is 7.74. The van der Waals surface area contributed by atoms with Gasteiger partial charge in [-0.15, -0.1) is 11.3 Å². The van der Waals surface area contributed by atoms with E-state index in [1.807, 2.05) is 6.20 Å². The van der Waals surface area contributed by atoms with Crippen LogP contribution in [0, 0.1) is 0 Å². The molecule has 0 fully saturated rings. The predicted molar refractivity (Wildman–Crippen MR) is 81.6 cm³/mol. The molecule has 0 bridgehead atoms. The van der Waals surface area contributed by atoms with Crippen molar-refractivity contribution in [3.05, 3.63) is 11.1 Å². The van der Waals surface area contributed by atoms with Crippen molar-refractivity contribution in [3.63, 3.8) is 0 Å². The molecule has 1 heterocycles. The van der Waals surface area contributed by atoms with Crippen LogP contribution < -0.4 is 10.2 Å². The number of hydrogen-bond acceptors (Lipinski definition) is 4. The molecular weight excluding hydrogens is 242 g/mol. The van der Waals surface area contributed by atoms with Gasteiger partial charge in [-0.1, -0.05) is 20.3 Å². The molecule has 0 aliphatic rings. The molecule has 104 valence electrons. The van der Waals surface area contributed by atoms with Gasteiger partial charge in [0.25, 0.3) is 0 Å². The Morgan fingerprint density at radius 3 is 2.67 bits per heavy atom. The number of anilines is 1. The lowest BCUT2D eigenvalue weighted by Crippen LogP contribution is -2.28. The van der Waals surface area contributed by atoms with Gasteiger partial charge in [0.2, 0.25) is 0 Å².